The number of benzene rings is 2. The van der Waals surface area contributed by atoms with E-state index in [1.807, 2.05) is 61.7 Å². The summed E-state index contributed by atoms with van der Waals surface area (Å²) < 4.78 is 9.36. The molecule has 1 atom stereocenters. The first kappa shape index (κ1) is 22.9. The highest BCUT2D eigenvalue weighted by Crippen LogP contribution is 2.28. The molecule has 33 heavy (non-hydrogen) atoms. The third-order valence-corrected chi connectivity index (χ3v) is 6.21. The van der Waals surface area contributed by atoms with Crippen LogP contribution in [0.15, 0.2) is 56.8 Å². The van der Waals surface area contributed by atoms with Crippen molar-refractivity contribution in [3.8, 4) is 0 Å². The van der Waals surface area contributed by atoms with E-state index in [0.29, 0.717) is 29.8 Å². The van der Waals surface area contributed by atoms with Crippen LogP contribution < -0.4 is 5.56 Å². The van der Waals surface area contributed by atoms with Gasteiger partial charge in [-0.3, -0.25) is 4.79 Å². The van der Waals surface area contributed by atoms with Gasteiger partial charge in [0, 0.05) is 33.1 Å². The van der Waals surface area contributed by atoms with Crippen molar-refractivity contribution in [3.63, 3.8) is 0 Å². The summed E-state index contributed by atoms with van der Waals surface area (Å²) in [5.74, 6) is 0.283. The number of hydrogen-bond donors (Lipinski definition) is 0. The highest BCUT2D eigenvalue weighted by Gasteiger charge is 2.22. The summed E-state index contributed by atoms with van der Waals surface area (Å²) in [6.07, 6.45) is 2.23. The zero-order valence-corrected chi connectivity index (χ0v) is 20.6. The van der Waals surface area contributed by atoms with E-state index in [4.69, 9.17) is 4.74 Å². The molecule has 0 bridgehead atoms. The molecule has 170 valence electrons. The molecule has 0 amide bonds. The average molecular weight is 509 g/mol. The Balaban J connectivity index is 1.88. The van der Waals surface area contributed by atoms with Gasteiger partial charge >= 0.3 is 5.97 Å². The molecule has 2 aromatic heterocycles. The number of esters is 1. The third kappa shape index (κ3) is 4.11. The minimum Gasteiger partial charge on any atom is -0.464 e. The maximum atomic E-state index is 13.2. The largest absolute Gasteiger partial charge is 0.464 e. The fourth-order valence-corrected chi connectivity index (χ4v) is 4.47. The highest BCUT2D eigenvalue weighted by molar-refractivity contribution is 9.10. The maximum Gasteiger partial charge on any atom is 0.328 e. The van der Waals surface area contributed by atoms with E-state index in [1.54, 1.807) is 19.2 Å². The molecular formula is C25H25BrN4O3. The zero-order valence-electron chi connectivity index (χ0n) is 19.0. The number of para-hydroxylation sites is 1. The Bertz CT molecular complexity index is 1450. The van der Waals surface area contributed by atoms with Crippen LogP contribution in [-0.4, -0.2) is 33.0 Å². The summed E-state index contributed by atoms with van der Waals surface area (Å²) in [5, 5.41) is 6.00. The van der Waals surface area contributed by atoms with Crippen LogP contribution in [0.1, 0.15) is 43.9 Å². The van der Waals surface area contributed by atoms with Gasteiger partial charge in [0.1, 0.15) is 11.9 Å². The first-order valence-electron chi connectivity index (χ1n) is 10.9. The standard InChI is InChI=1S/C25H25BrN4O3/c1-5-23-28-21-12-11-17(26)13-19(21)24(31)30(23)27-14-20-15(3)29(16(4)25(32)33-6-2)22-10-8-7-9-18(20)22/h7-14,16H,5-6H2,1-4H3/t16-/m0/s1. The number of ether oxygens (including phenoxy) is 1. The van der Waals surface area contributed by atoms with Crippen molar-refractivity contribution in [1.29, 1.82) is 0 Å². The molecule has 4 rings (SSSR count). The predicted molar refractivity (Wildman–Crippen MR) is 134 cm³/mol. The molecule has 0 radical (unpaired) electrons. The second-order valence-electron chi connectivity index (χ2n) is 7.72. The smallest absolute Gasteiger partial charge is 0.328 e. The lowest BCUT2D eigenvalue weighted by atomic mass is 10.1. The van der Waals surface area contributed by atoms with Gasteiger partial charge in [-0.1, -0.05) is 41.1 Å². The highest BCUT2D eigenvalue weighted by atomic mass is 79.9. The lowest BCUT2D eigenvalue weighted by molar-refractivity contribution is -0.146. The molecule has 0 saturated heterocycles. The van der Waals surface area contributed by atoms with Gasteiger partial charge in [0.05, 0.1) is 23.7 Å². The molecule has 0 N–H and O–H groups in total. The molecule has 0 aliphatic rings. The van der Waals surface area contributed by atoms with Gasteiger partial charge in [0.25, 0.3) is 5.56 Å². The molecule has 8 heteroatoms. The molecular weight excluding hydrogens is 484 g/mol. The van der Waals surface area contributed by atoms with Crippen molar-refractivity contribution < 1.29 is 9.53 Å². The van der Waals surface area contributed by atoms with Gasteiger partial charge in [0.15, 0.2) is 0 Å². The molecule has 0 aliphatic carbocycles. The Labute approximate surface area is 199 Å². The molecule has 0 aliphatic heterocycles. The second kappa shape index (κ2) is 9.31. The Morgan fingerprint density at radius 2 is 1.97 bits per heavy atom. The summed E-state index contributed by atoms with van der Waals surface area (Å²) in [5.41, 5.74) is 3.02. The average Bonchev–Trinajstić information content (AvgIpc) is 3.09. The minimum atomic E-state index is -0.495. The van der Waals surface area contributed by atoms with Crippen LogP contribution in [0, 0.1) is 6.92 Å². The van der Waals surface area contributed by atoms with E-state index in [-0.39, 0.29) is 11.5 Å². The van der Waals surface area contributed by atoms with Gasteiger partial charge in [-0.15, -0.1) is 0 Å². The van der Waals surface area contributed by atoms with Crippen LogP contribution >= 0.6 is 15.9 Å². The normalized spacial score (nSPS) is 12.6. The van der Waals surface area contributed by atoms with Crippen LogP contribution in [-0.2, 0) is 16.0 Å². The van der Waals surface area contributed by atoms with E-state index >= 15 is 0 Å². The molecule has 2 heterocycles. The summed E-state index contributed by atoms with van der Waals surface area (Å²) in [4.78, 5) is 30.3. The number of aryl methyl sites for hydroxylation is 1. The molecule has 0 fully saturated rings. The third-order valence-electron chi connectivity index (χ3n) is 5.71. The SMILES string of the molecule is CCOC(=O)[C@H](C)n1c(C)c(C=Nn2c(CC)nc3ccc(Br)cc3c2=O)c2ccccc21. The van der Waals surface area contributed by atoms with Crippen molar-refractivity contribution in [2.24, 2.45) is 5.10 Å². The van der Waals surface area contributed by atoms with Crippen LogP contribution in [0.25, 0.3) is 21.8 Å². The number of fused-ring (bicyclic) bond motifs is 2. The van der Waals surface area contributed by atoms with Crippen LogP contribution in [0.2, 0.25) is 0 Å². The predicted octanol–water partition coefficient (Wildman–Crippen LogP) is 4.99. The van der Waals surface area contributed by atoms with E-state index < -0.39 is 6.04 Å². The summed E-state index contributed by atoms with van der Waals surface area (Å²) >= 11 is 3.42. The first-order chi connectivity index (χ1) is 15.9. The van der Waals surface area contributed by atoms with Gasteiger partial charge in [-0.05, 0) is 45.0 Å². The molecule has 7 nitrogen and oxygen atoms in total. The van der Waals surface area contributed by atoms with Crippen molar-refractivity contribution >= 4 is 49.9 Å². The van der Waals surface area contributed by atoms with Crippen molar-refractivity contribution in [2.45, 2.75) is 40.2 Å². The lowest BCUT2D eigenvalue weighted by Gasteiger charge is -2.16. The molecule has 4 aromatic rings. The van der Waals surface area contributed by atoms with Crippen LogP contribution in [0.3, 0.4) is 0 Å². The number of halogens is 1. The molecule has 0 saturated carbocycles. The van der Waals surface area contributed by atoms with Crippen molar-refractivity contribution in [2.75, 3.05) is 6.61 Å². The van der Waals surface area contributed by atoms with E-state index in [0.717, 1.165) is 26.6 Å². The van der Waals surface area contributed by atoms with Crippen LogP contribution in [0.4, 0.5) is 0 Å². The van der Waals surface area contributed by atoms with E-state index in [9.17, 15) is 9.59 Å². The quantitative estimate of drug-likeness (QED) is 0.271. The van der Waals surface area contributed by atoms with E-state index in [1.165, 1.54) is 4.68 Å². The van der Waals surface area contributed by atoms with Gasteiger partial charge in [0.2, 0.25) is 0 Å². The maximum absolute atomic E-state index is 13.2. The van der Waals surface area contributed by atoms with Crippen molar-refractivity contribution in [1.82, 2.24) is 14.2 Å². The number of carbonyl (C=O) groups excluding carboxylic acids is 1. The Hall–Kier alpha value is -3.26. The summed E-state index contributed by atoms with van der Waals surface area (Å²) in [6, 6.07) is 12.8. The lowest BCUT2D eigenvalue weighted by Crippen LogP contribution is -2.22. The minimum absolute atomic E-state index is 0.226. The Morgan fingerprint density at radius 3 is 2.70 bits per heavy atom. The topological polar surface area (TPSA) is 78.5 Å². The number of carbonyl (C=O) groups is 1. The number of aromatic nitrogens is 3. The van der Waals surface area contributed by atoms with Gasteiger partial charge in [-0.25, -0.2) is 9.78 Å². The summed E-state index contributed by atoms with van der Waals surface area (Å²) in [6.45, 7) is 7.82. The molecule has 0 unspecified atom stereocenters. The molecule has 0 spiro atoms. The number of nitrogens with zero attached hydrogens (tertiary/aromatic N) is 4. The molecule has 2 aromatic carbocycles. The fourth-order valence-electron chi connectivity index (χ4n) is 4.11. The fraction of sp³-hybridized carbons (Fsp3) is 0.280. The number of hydrogen-bond acceptors (Lipinski definition) is 5. The van der Waals surface area contributed by atoms with Crippen molar-refractivity contribution in [3.05, 3.63) is 74.4 Å². The van der Waals surface area contributed by atoms with E-state index in [2.05, 4.69) is 26.0 Å². The zero-order chi connectivity index (χ0) is 23.7. The van der Waals surface area contributed by atoms with Crippen LogP contribution in [0.5, 0.6) is 0 Å². The van der Waals surface area contributed by atoms with Gasteiger partial charge < -0.3 is 9.30 Å². The monoisotopic (exact) mass is 508 g/mol. The first-order valence-corrected chi connectivity index (χ1v) is 11.7. The Morgan fingerprint density at radius 1 is 1.21 bits per heavy atom. The Kier molecular flexibility index (Phi) is 6.47. The summed E-state index contributed by atoms with van der Waals surface area (Å²) in [7, 11) is 0. The van der Waals surface area contributed by atoms with Gasteiger partial charge in [-0.2, -0.15) is 9.78 Å². The second-order valence-corrected chi connectivity index (χ2v) is 8.63. The number of rotatable bonds is 6.